The average Bonchev–Trinajstić information content (AvgIpc) is 3.17. The maximum atomic E-state index is 12.7. The Morgan fingerprint density at radius 2 is 1.68 bits per heavy atom. The number of esters is 1. The Morgan fingerprint density at radius 3 is 2.23 bits per heavy atom. The maximum absolute atomic E-state index is 12.7. The van der Waals surface area contributed by atoms with Crippen LogP contribution in [0.15, 0.2) is 59.5 Å². The van der Waals surface area contributed by atoms with Crippen molar-refractivity contribution in [3.8, 4) is 16.2 Å². The zero-order chi connectivity index (χ0) is 22.6. The van der Waals surface area contributed by atoms with Gasteiger partial charge in [-0.1, -0.05) is 0 Å². The van der Waals surface area contributed by atoms with Crippen molar-refractivity contribution >= 4 is 38.7 Å². The molecule has 31 heavy (non-hydrogen) atoms. The summed E-state index contributed by atoms with van der Waals surface area (Å²) < 4.78 is 33.5. The number of thiophene rings is 1. The van der Waals surface area contributed by atoms with Crippen molar-refractivity contribution in [2.45, 2.75) is 11.8 Å². The van der Waals surface area contributed by atoms with Crippen LogP contribution in [0.3, 0.4) is 0 Å². The van der Waals surface area contributed by atoms with Crippen LogP contribution in [0.1, 0.15) is 27.0 Å². The van der Waals surface area contributed by atoms with Crippen LogP contribution in [-0.4, -0.2) is 40.3 Å². The van der Waals surface area contributed by atoms with Crippen LogP contribution in [0, 0.1) is 0 Å². The van der Waals surface area contributed by atoms with Crippen molar-refractivity contribution in [3.05, 3.63) is 65.0 Å². The maximum Gasteiger partial charge on any atom is 0.350 e. The Balaban J connectivity index is 1.91. The average molecular weight is 460 g/mol. The first-order valence-corrected chi connectivity index (χ1v) is 12.0. The lowest BCUT2D eigenvalue weighted by atomic mass is 10.1. The van der Waals surface area contributed by atoms with Crippen molar-refractivity contribution in [2.24, 2.45) is 0 Å². The van der Waals surface area contributed by atoms with Gasteiger partial charge in [0.05, 0.1) is 24.3 Å². The van der Waals surface area contributed by atoms with Gasteiger partial charge in [0.15, 0.2) is 9.84 Å². The van der Waals surface area contributed by atoms with E-state index in [0.717, 1.165) is 16.7 Å². The molecule has 0 fully saturated rings. The van der Waals surface area contributed by atoms with Crippen molar-refractivity contribution in [1.29, 1.82) is 0 Å². The van der Waals surface area contributed by atoms with Crippen LogP contribution in [0.2, 0.25) is 0 Å². The van der Waals surface area contributed by atoms with Gasteiger partial charge in [-0.2, -0.15) is 0 Å². The summed E-state index contributed by atoms with van der Waals surface area (Å²) in [5.41, 5.74) is 1.44. The van der Waals surface area contributed by atoms with E-state index in [4.69, 9.17) is 9.47 Å². The highest BCUT2D eigenvalue weighted by atomic mass is 32.2. The van der Waals surface area contributed by atoms with Crippen LogP contribution in [0.4, 0.5) is 5.69 Å². The van der Waals surface area contributed by atoms with Gasteiger partial charge in [0.25, 0.3) is 5.91 Å². The van der Waals surface area contributed by atoms with E-state index >= 15 is 0 Å². The summed E-state index contributed by atoms with van der Waals surface area (Å²) in [6, 6.07) is 14.6. The lowest BCUT2D eigenvalue weighted by Gasteiger charge is -2.07. The van der Waals surface area contributed by atoms with Crippen LogP contribution < -0.4 is 10.1 Å². The van der Waals surface area contributed by atoms with E-state index in [9.17, 15) is 18.0 Å². The highest BCUT2D eigenvalue weighted by Crippen LogP contribution is 2.36. The fraction of sp³-hybridized carbons (Fsp3) is 0.182. The number of nitrogens with one attached hydrogen (secondary N) is 1. The third-order valence-electron chi connectivity index (χ3n) is 4.36. The molecular weight excluding hydrogens is 438 g/mol. The van der Waals surface area contributed by atoms with E-state index in [1.54, 1.807) is 32.2 Å². The normalized spacial score (nSPS) is 11.1. The number of carbonyl (C=O) groups excluding carboxylic acids is 2. The number of benzene rings is 2. The molecule has 0 aliphatic carbocycles. The second kappa shape index (κ2) is 9.32. The Morgan fingerprint density at radius 1 is 1.03 bits per heavy atom. The smallest absolute Gasteiger partial charge is 0.350 e. The van der Waals surface area contributed by atoms with Crippen molar-refractivity contribution in [1.82, 2.24) is 0 Å². The topological polar surface area (TPSA) is 98.8 Å². The van der Waals surface area contributed by atoms with Gasteiger partial charge in [-0.15, -0.1) is 11.3 Å². The fourth-order valence-corrected chi connectivity index (χ4v) is 4.42. The largest absolute Gasteiger partial charge is 0.497 e. The predicted molar refractivity (Wildman–Crippen MR) is 120 cm³/mol. The van der Waals surface area contributed by atoms with E-state index in [1.807, 2.05) is 12.1 Å². The zero-order valence-electron chi connectivity index (χ0n) is 17.2. The number of rotatable bonds is 7. The molecule has 0 aliphatic heterocycles. The first-order chi connectivity index (χ1) is 14.7. The molecule has 1 amide bonds. The summed E-state index contributed by atoms with van der Waals surface area (Å²) >= 11 is 1.21. The zero-order valence-corrected chi connectivity index (χ0v) is 18.8. The Bertz CT molecular complexity index is 1200. The van der Waals surface area contributed by atoms with E-state index in [-0.39, 0.29) is 21.9 Å². The molecule has 1 aromatic heterocycles. The molecule has 3 aromatic rings. The Hall–Kier alpha value is -3.17. The molecule has 1 N–H and O–H groups in total. The number of hydrogen-bond donors (Lipinski definition) is 1. The molecule has 0 atom stereocenters. The van der Waals surface area contributed by atoms with Gasteiger partial charge in [0.1, 0.15) is 10.6 Å². The quantitative estimate of drug-likeness (QED) is 0.530. The molecule has 1 heterocycles. The minimum Gasteiger partial charge on any atom is -0.497 e. The number of carbonyl (C=O) groups is 2. The lowest BCUT2D eigenvalue weighted by Crippen LogP contribution is -2.14. The summed E-state index contributed by atoms with van der Waals surface area (Å²) in [5, 5.41) is 2.73. The molecule has 9 heteroatoms. The number of ether oxygens (including phenoxy) is 2. The Kier molecular flexibility index (Phi) is 6.77. The molecule has 0 unspecified atom stereocenters. The van der Waals surface area contributed by atoms with Crippen LogP contribution >= 0.6 is 11.3 Å². The van der Waals surface area contributed by atoms with Gasteiger partial charge in [-0.25, -0.2) is 13.2 Å². The summed E-state index contributed by atoms with van der Waals surface area (Å²) in [6.45, 7) is 1.91. The second-order valence-electron chi connectivity index (χ2n) is 6.55. The van der Waals surface area contributed by atoms with Crippen LogP contribution in [-0.2, 0) is 14.6 Å². The molecule has 0 spiro atoms. The van der Waals surface area contributed by atoms with Gasteiger partial charge < -0.3 is 14.8 Å². The molecule has 0 radical (unpaired) electrons. The van der Waals surface area contributed by atoms with E-state index in [1.165, 1.54) is 35.6 Å². The SMILES string of the molecule is CCOC(=O)c1sc(-c2ccc(OC)cc2)cc1NC(=O)c1ccc(S(C)(=O)=O)cc1. The number of hydrogen-bond acceptors (Lipinski definition) is 7. The molecule has 0 saturated carbocycles. The second-order valence-corrected chi connectivity index (χ2v) is 9.62. The molecule has 162 valence electrons. The predicted octanol–water partition coefficient (Wildman–Crippen LogP) is 4.26. The molecule has 7 nitrogen and oxygen atoms in total. The number of anilines is 1. The van der Waals surface area contributed by atoms with Crippen LogP contribution in [0.25, 0.3) is 10.4 Å². The molecule has 0 bridgehead atoms. The minimum atomic E-state index is -3.36. The highest BCUT2D eigenvalue weighted by Gasteiger charge is 2.21. The molecule has 3 rings (SSSR count). The van der Waals surface area contributed by atoms with E-state index < -0.39 is 21.7 Å². The molecule has 2 aromatic carbocycles. The molecular formula is C22H21NO6S2. The third-order valence-corrected chi connectivity index (χ3v) is 6.65. The molecule has 0 aliphatic rings. The standard InChI is InChI=1S/C22H21NO6S2/c1-4-29-22(25)20-18(13-19(30-20)14-5-9-16(28-2)10-6-14)23-21(24)15-7-11-17(12-8-15)31(3,26)27/h5-13H,4H2,1-3H3,(H,23,24). The number of amides is 1. The van der Waals surface area contributed by atoms with Crippen molar-refractivity contribution < 1.29 is 27.5 Å². The summed E-state index contributed by atoms with van der Waals surface area (Å²) in [7, 11) is -1.78. The van der Waals surface area contributed by atoms with Gasteiger partial charge in [-0.3, -0.25) is 4.79 Å². The summed E-state index contributed by atoms with van der Waals surface area (Å²) in [4.78, 5) is 26.3. The lowest BCUT2D eigenvalue weighted by molar-refractivity contribution is 0.0533. The van der Waals surface area contributed by atoms with Crippen molar-refractivity contribution in [3.63, 3.8) is 0 Å². The van der Waals surface area contributed by atoms with E-state index in [2.05, 4.69) is 5.32 Å². The summed E-state index contributed by atoms with van der Waals surface area (Å²) in [6.07, 6.45) is 1.10. The number of methoxy groups -OCH3 is 1. The number of sulfone groups is 1. The van der Waals surface area contributed by atoms with E-state index in [0.29, 0.717) is 11.4 Å². The van der Waals surface area contributed by atoms with Gasteiger partial charge >= 0.3 is 5.97 Å². The van der Waals surface area contributed by atoms with Gasteiger partial charge in [0.2, 0.25) is 0 Å². The fourth-order valence-electron chi connectivity index (χ4n) is 2.78. The molecule has 0 saturated heterocycles. The Labute approximate surface area is 184 Å². The minimum absolute atomic E-state index is 0.119. The van der Waals surface area contributed by atoms with Crippen LogP contribution in [0.5, 0.6) is 5.75 Å². The monoisotopic (exact) mass is 459 g/mol. The highest BCUT2D eigenvalue weighted by molar-refractivity contribution is 7.90. The van der Waals surface area contributed by atoms with Gasteiger partial charge in [0, 0.05) is 16.7 Å². The first-order valence-electron chi connectivity index (χ1n) is 9.29. The summed E-state index contributed by atoms with van der Waals surface area (Å²) in [5.74, 6) is -0.295. The van der Waals surface area contributed by atoms with Gasteiger partial charge in [-0.05, 0) is 67.1 Å². The third kappa shape index (κ3) is 5.31. The first kappa shape index (κ1) is 22.5. The van der Waals surface area contributed by atoms with Crippen molar-refractivity contribution in [2.75, 3.05) is 25.3 Å².